The van der Waals surface area contributed by atoms with E-state index < -0.39 is 5.67 Å². The van der Waals surface area contributed by atoms with E-state index in [1.165, 1.54) is 33.2 Å². The summed E-state index contributed by atoms with van der Waals surface area (Å²) < 4.78 is 27.8. The molecule has 33 heavy (non-hydrogen) atoms. The van der Waals surface area contributed by atoms with Crippen molar-refractivity contribution in [3.63, 3.8) is 0 Å². The van der Waals surface area contributed by atoms with Crippen molar-refractivity contribution in [2.45, 2.75) is 38.8 Å². The second-order valence-corrected chi connectivity index (χ2v) is 10.1. The Morgan fingerprint density at radius 1 is 1.27 bits per heavy atom. The first-order valence-electron chi connectivity index (χ1n) is 10.6. The zero-order valence-corrected chi connectivity index (χ0v) is 21.4. The van der Waals surface area contributed by atoms with Gasteiger partial charge in [-0.3, -0.25) is 9.10 Å². The molecule has 0 saturated carbocycles. The Balaban J connectivity index is 1.69. The number of ether oxygens (including phenoxy) is 2. The summed E-state index contributed by atoms with van der Waals surface area (Å²) >= 11 is 14.5. The van der Waals surface area contributed by atoms with Gasteiger partial charge in [0.25, 0.3) is 0 Å². The third-order valence-corrected chi connectivity index (χ3v) is 6.91. The van der Waals surface area contributed by atoms with Gasteiger partial charge in [0.05, 0.1) is 28.9 Å². The fourth-order valence-electron chi connectivity index (χ4n) is 3.70. The number of amides is 1. The lowest BCUT2D eigenvalue weighted by Crippen LogP contribution is -2.30. The van der Waals surface area contributed by atoms with Gasteiger partial charge in [0.1, 0.15) is 11.4 Å². The van der Waals surface area contributed by atoms with E-state index in [4.69, 9.17) is 32.7 Å². The van der Waals surface area contributed by atoms with Gasteiger partial charge in [0.2, 0.25) is 11.8 Å². The third kappa shape index (κ3) is 6.88. The molecule has 10 heteroatoms. The molecule has 0 bridgehead atoms. The minimum Gasteiger partial charge on any atom is -0.481 e. The van der Waals surface area contributed by atoms with Crippen LogP contribution in [0.2, 0.25) is 10.0 Å². The standard InChI is InChI=1S/C23H28Cl2FN3O3S/c1-23(2,26)17-12-16(13-27-22(17)31-3)32-21-18(24)10-15(11-19(21)25)28-20(30)9-14-5-7-29(33-4)8-6-14/h10-14H,5-9H2,1-4H3,(H,28,30). The average Bonchev–Trinajstić information content (AvgIpc) is 2.76. The number of carbonyl (C=O) groups is 1. The first-order valence-corrected chi connectivity index (χ1v) is 12.5. The van der Waals surface area contributed by atoms with E-state index in [2.05, 4.69) is 20.9 Å². The lowest BCUT2D eigenvalue weighted by molar-refractivity contribution is -0.117. The summed E-state index contributed by atoms with van der Waals surface area (Å²) in [5.41, 5.74) is -0.963. The molecule has 0 unspecified atom stereocenters. The van der Waals surface area contributed by atoms with Crippen LogP contribution in [0.4, 0.5) is 10.1 Å². The number of anilines is 1. The van der Waals surface area contributed by atoms with Crippen LogP contribution in [0.25, 0.3) is 0 Å². The summed E-state index contributed by atoms with van der Waals surface area (Å²) in [7, 11) is 1.42. The van der Waals surface area contributed by atoms with Crippen molar-refractivity contribution in [1.29, 1.82) is 0 Å². The minimum absolute atomic E-state index is 0.0763. The van der Waals surface area contributed by atoms with Crippen LogP contribution < -0.4 is 14.8 Å². The number of methoxy groups -OCH3 is 1. The van der Waals surface area contributed by atoms with Crippen molar-refractivity contribution in [2.24, 2.45) is 5.92 Å². The highest BCUT2D eigenvalue weighted by molar-refractivity contribution is 7.96. The number of alkyl halides is 1. The van der Waals surface area contributed by atoms with Crippen LogP contribution in [0.15, 0.2) is 24.4 Å². The molecule has 1 fully saturated rings. The van der Waals surface area contributed by atoms with E-state index in [9.17, 15) is 9.18 Å². The monoisotopic (exact) mass is 515 g/mol. The highest BCUT2D eigenvalue weighted by atomic mass is 35.5. The maximum atomic E-state index is 14.6. The van der Waals surface area contributed by atoms with Crippen LogP contribution in [0.1, 0.15) is 38.7 Å². The molecule has 0 spiro atoms. The summed E-state index contributed by atoms with van der Waals surface area (Å²) in [5, 5.41) is 3.29. The van der Waals surface area contributed by atoms with Gasteiger partial charge < -0.3 is 14.8 Å². The molecular weight excluding hydrogens is 488 g/mol. The van der Waals surface area contributed by atoms with Gasteiger partial charge in [-0.1, -0.05) is 35.1 Å². The average molecular weight is 516 g/mol. The summed E-state index contributed by atoms with van der Waals surface area (Å²) in [5.74, 6) is 0.902. The minimum atomic E-state index is -1.69. The molecular formula is C23H28Cl2FN3O3S. The van der Waals surface area contributed by atoms with Crippen molar-refractivity contribution in [3.8, 4) is 17.4 Å². The molecule has 0 radical (unpaired) electrons. The number of piperidine rings is 1. The van der Waals surface area contributed by atoms with Gasteiger partial charge in [-0.15, -0.1) is 0 Å². The molecule has 2 heterocycles. The van der Waals surface area contributed by atoms with Crippen LogP contribution in [0.5, 0.6) is 17.4 Å². The Morgan fingerprint density at radius 3 is 2.45 bits per heavy atom. The zero-order chi connectivity index (χ0) is 24.2. The van der Waals surface area contributed by atoms with Gasteiger partial charge in [0.15, 0.2) is 5.75 Å². The molecule has 1 aliphatic heterocycles. The van der Waals surface area contributed by atoms with Gasteiger partial charge in [-0.2, -0.15) is 0 Å². The maximum Gasteiger partial charge on any atom is 0.224 e. The number of carbonyl (C=O) groups excluding carboxylic acids is 1. The molecule has 3 rings (SSSR count). The summed E-state index contributed by atoms with van der Waals surface area (Å²) in [6, 6.07) is 4.65. The van der Waals surface area contributed by atoms with Crippen molar-refractivity contribution in [2.75, 3.05) is 31.8 Å². The third-order valence-electron chi connectivity index (χ3n) is 5.47. The van der Waals surface area contributed by atoms with Gasteiger partial charge in [-0.05, 0) is 57.1 Å². The van der Waals surface area contributed by atoms with Crippen molar-refractivity contribution < 1.29 is 18.7 Å². The number of hydrogen-bond acceptors (Lipinski definition) is 6. The Bertz CT molecular complexity index is 972. The van der Waals surface area contributed by atoms with E-state index in [-0.39, 0.29) is 38.9 Å². The Morgan fingerprint density at radius 2 is 1.91 bits per heavy atom. The fourth-order valence-corrected chi connectivity index (χ4v) is 4.84. The zero-order valence-electron chi connectivity index (χ0n) is 19.1. The maximum absolute atomic E-state index is 14.6. The fraction of sp³-hybridized carbons (Fsp3) is 0.478. The summed E-state index contributed by atoms with van der Waals surface area (Å²) in [4.78, 5) is 16.6. The predicted octanol–water partition coefficient (Wildman–Crippen LogP) is 6.71. The van der Waals surface area contributed by atoms with E-state index >= 15 is 0 Å². The molecule has 1 N–H and O–H groups in total. The number of hydrogen-bond donors (Lipinski definition) is 1. The first-order chi connectivity index (χ1) is 15.6. The molecule has 1 aromatic carbocycles. The number of nitrogens with zero attached hydrogens (tertiary/aromatic N) is 2. The molecule has 1 aromatic heterocycles. The number of benzene rings is 1. The molecule has 0 aliphatic carbocycles. The van der Waals surface area contributed by atoms with Crippen LogP contribution in [0.3, 0.4) is 0 Å². The number of aromatic nitrogens is 1. The number of halogens is 3. The number of nitrogens with one attached hydrogen (secondary N) is 1. The molecule has 1 amide bonds. The molecule has 1 saturated heterocycles. The van der Waals surface area contributed by atoms with Crippen molar-refractivity contribution in [1.82, 2.24) is 9.29 Å². The van der Waals surface area contributed by atoms with E-state index in [0.29, 0.717) is 18.0 Å². The highest BCUT2D eigenvalue weighted by Crippen LogP contribution is 2.41. The van der Waals surface area contributed by atoms with Crippen LogP contribution in [-0.4, -0.2) is 41.7 Å². The highest BCUT2D eigenvalue weighted by Gasteiger charge is 2.26. The number of rotatable bonds is 8. The lowest BCUT2D eigenvalue weighted by atomic mass is 9.94. The van der Waals surface area contributed by atoms with Crippen LogP contribution in [0, 0.1) is 5.92 Å². The van der Waals surface area contributed by atoms with Crippen LogP contribution in [-0.2, 0) is 10.5 Å². The lowest BCUT2D eigenvalue weighted by Gasteiger charge is -2.29. The Kier molecular flexibility index (Phi) is 8.72. The molecule has 180 valence electrons. The predicted molar refractivity (Wildman–Crippen MR) is 133 cm³/mol. The second-order valence-electron chi connectivity index (χ2n) is 8.38. The Labute approximate surface area is 208 Å². The molecule has 1 aliphatic rings. The smallest absolute Gasteiger partial charge is 0.224 e. The normalized spacial score (nSPS) is 15.4. The quantitative estimate of drug-likeness (QED) is 0.394. The molecule has 2 aromatic rings. The molecule has 0 atom stereocenters. The SMILES string of the molecule is COc1ncc(Oc2c(Cl)cc(NC(=O)CC3CCN(SC)CC3)cc2Cl)cc1C(C)(C)F. The van der Waals surface area contributed by atoms with Crippen molar-refractivity contribution >= 4 is 46.7 Å². The van der Waals surface area contributed by atoms with E-state index in [0.717, 1.165) is 25.9 Å². The first kappa shape index (κ1) is 25.9. The van der Waals surface area contributed by atoms with E-state index in [1.807, 2.05) is 0 Å². The van der Waals surface area contributed by atoms with Gasteiger partial charge >= 0.3 is 0 Å². The number of pyridine rings is 1. The Hall–Kier alpha value is -1.74. The summed E-state index contributed by atoms with van der Waals surface area (Å²) in [6.45, 7) is 4.79. The largest absolute Gasteiger partial charge is 0.481 e. The van der Waals surface area contributed by atoms with Crippen molar-refractivity contribution in [3.05, 3.63) is 40.0 Å². The van der Waals surface area contributed by atoms with E-state index in [1.54, 1.807) is 24.1 Å². The van der Waals surface area contributed by atoms with Crippen LogP contribution >= 0.6 is 35.1 Å². The van der Waals surface area contributed by atoms with Gasteiger partial charge in [0, 0.05) is 25.2 Å². The topological polar surface area (TPSA) is 63.7 Å². The molecule has 6 nitrogen and oxygen atoms in total. The van der Waals surface area contributed by atoms with Gasteiger partial charge in [-0.25, -0.2) is 9.37 Å². The summed E-state index contributed by atoms with van der Waals surface area (Å²) in [6.07, 6.45) is 5.92. The second kappa shape index (κ2) is 11.1.